The average Bonchev–Trinajstić information content (AvgIpc) is 2.08. The summed E-state index contributed by atoms with van der Waals surface area (Å²) in [5.41, 5.74) is 0.244. The highest BCUT2D eigenvalue weighted by atomic mass is 19.1. The summed E-state index contributed by atoms with van der Waals surface area (Å²) < 4.78 is 12.3. The van der Waals surface area contributed by atoms with Gasteiger partial charge in [0.1, 0.15) is 5.82 Å². The molecule has 1 N–H and O–H groups in total. The minimum atomic E-state index is -1.51. The third-order valence-electron chi connectivity index (χ3n) is 1.37. The lowest BCUT2D eigenvalue weighted by Gasteiger charge is -1.95. The van der Waals surface area contributed by atoms with Crippen molar-refractivity contribution < 1.29 is 19.1 Å². The number of nitrogens with zero attached hydrogens (tertiary/aromatic N) is 1. The number of carboxylic acid groups (broad SMARTS) is 1. The van der Waals surface area contributed by atoms with Crippen LogP contribution in [0.5, 0.6) is 0 Å². The summed E-state index contributed by atoms with van der Waals surface area (Å²) in [6.45, 7) is 0. The zero-order chi connectivity index (χ0) is 9.84. The Morgan fingerprint density at radius 1 is 1.46 bits per heavy atom. The van der Waals surface area contributed by atoms with Gasteiger partial charge in [-0.15, -0.1) is 0 Å². The number of hydrogen-bond acceptors (Lipinski definition) is 3. The van der Waals surface area contributed by atoms with Crippen molar-refractivity contribution in [2.45, 2.75) is 6.42 Å². The van der Waals surface area contributed by atoms with Gasteiger partial charge < -0.3 is 5.11 Å². The highest BCUT2D eigenvalue weighted by molar-refractivity contribution is 6.33. The van der Waals surface area contributed by atoms with Gasteiger partial charge in [0.15, 0.2) is 0 Å². The van der Waals surface area contributed by atoms with Gasteiger partial charge in [-0.05, 0) is 12.1 Å². The van der Waals surface area contributed by atoms with E-state index >= 15 is 0 Å². The van der Waals surface area contributed by atoms with Crippen LogP contribution in [0.3, 0.4) is 0 Å². The number of ketones is 1. The molecule has 0 aromatic carbocycles. The Kier molecular flexibility index (Phi) is 2.69. The fraction of sp³-hybridized carbons (Fsp3) is 0.125. The molecule has 0 saturated carbocycles. The molecule has 0 unspecified atom stereocenters. The van der Waals surface area contributed by atoms with Crippen molar-refractivity contribution in [3.63, 3.8) is 0 Å². The largest absolute Gasteiger partial charge is 0.475 e. The van der Waals surface area contributed by atoms with E-state index in [9.17, 15) is 14.0 Å². The van der Waals surface area contributed by atoms with Gasteiger partial charge >= 0.3 is 5.97 Å². The number of hydrogen-bond donors (Lipinski definition) is 1. The van der Waals surface area contributed by atoms with E-state index in [0.717, 1.165) is 12.3 Å². The topological polar surface area (TPSA) is 67.3 Å². The first kappa shape index (κ1) is 9.31. The van der Waals surface area contributed by atoms with Crippen molar-refractivity contribution in [3.05, 3.63) is 29.8 Å². The number of pyridine rings is 1. The molecule has 5 heteroatoms. The van der Waals surface area contributed by atoms with Crippen LogP contribution in [0, 0.1) is 5.82 Å². The molecule has 0 fully saturated rings. The Labute approximate surface area is 73.0 Å². The number of Topliss-reactive ketones (excluding diaryl/α,β-unsaturated/α-hetero) is 1. The van der Waals surface area contributed by atoms with Gasteiger partial charge in [0.05, 0.1) is 12.6 Å². The van der Waals surface area contributed by atoms with Gasteiger partial charge in [0, 0.05) is 5.69 Å². The van der Waals surface area contributed by atoms with Crippen molar-refractivity contribution in [2.75, 3.05) is 0 Å². The Bertz CT molecular complexity index is 334. The van der Waals surface area contributed by atoms with Crippen LogP contribution < -0.4 is 0 Å². The van der Waals surface area contributed by atoms with E-state index in [2.05, 4.69) is 4.98 Å². The first-order chi connectivity index (χ1) is 6.09. The first-order valence-corrected chi connectivity index (χ1v) is 3.46. The van der Waals surface area contributed by atoms with Crippen LogP contribution in [0.2, 0.25) is 0 Å². The van der Waals surface area contributed by atoms with Crippen LogP contribution in [0.4, 0.5) is 4.39 Å². The predicted molar refractivity (Wildman–Crippen MR) is 40.5 cm³/mol. The third-order valence-corrected chi connectivity index (χ3v) is 1.37. The molecule has 68 valence electrons. The minimum Gasteiger partial charge on any atom is -0.475 e. The Morgan fingerprint density at radius 2 is 2.15 bits per heavy atom. The second kappa shape index (κ2) is 3.75. The monoisotopic (exact) mass is 183 g/mol. The predicted octanol–water partition coefficient (Wildman–Crippen LogP) is 0.417. The zero-order valence-electron chi connectivity index (χ0n) is 6.53. The maximum atomic E-state index is 12.3. The minimum absolute atomic E-state index is 0.244. The summed E-state index contributed by atoms with van der Waals surface area (Å²) >= 11 is 0. The summed E-state index contributed by atoms with van der Waals surface area (Å²) in [6, 6.07) is 2.40. The van der Waals surface area contributed by atoms with Gasteiger partial charge in [-0.25, -0.2) is 9.18 Å². The first-order valence-electron chi connectivity index (χ1n) is 3.46. The van der Waals surface area contributed by atoms with Gasteiger partial charge in [-0.2, -0.15) is 0 Å². The van der Waals surface area contributed by atoms with E-state index in [1.807, 2.05) is 0 Å². The van der Waals surface area contributed by atoms with Gasteiger partial charge in [-0.1, -0.05) is 0 Å². The molecule has 0 aliphatic rings. The third kappa shape index (κ3) is 2.62. The van der Waals surface area contributed by atoms with Crippen LogP contribution in [-0.2, 0) is 16.0 Å². The molecule has 13 heavy (non-hydrogen) atoms. The summed E-state index contributed by atoms with van der Waals surface area (Å²) in [4.78, 5) is 24.3. The fourth-order valence-corrected chi connectivity index (χ4v) is 0.751. The summed E-state index contributed by atoms with van der Waals surface area (Å²) in [6.07, 6.45) is 0.625. The van der Waals surface area contributed by atoms with E-state index < -0.39 is 17.6 Å². The lowest BCUT2D eigenvalue weighted by molar-refractivity contribution is -0.148. The number of rotatable bonds is 3. The maximum Gasteiger partial charge on any atom is 0.372 e. The molecule has 0 aliphatic carbocycles. The lowest BCUT2D eigenvalue weighted by Crippen LogP contribution is -2.15. The van der Waals surface area contributed by atoms with Crippen molar-refractivity contribution in [3.8, 4) is 0 Å². The van der Waals surface area contributed by atoms with Crippen LogP contribution in [-0.4, -0.2) is 21.8 Å². The van der Waals surface area contributed by atoms with Crippen molar-refractivity contribution in [1.29, 1.82) is 0 Å². The molecule has 0 aliphatic heterocycles. The summed E-state index contributed by atoms with van der Waals surface area (Å²) in [5, 5.41) is 8.25. The number of carbonyl (C=O) groups is 2. The van der Waals surface area contributed by atoms with E-state index in [-0.39, 0.29) is 12.1 Å². The Morgan fingerprint density at radius 3 is 2.62 bits per heavy atom. The standard InChI is InChI=1S/C8H6FNO3/c9-5-1-2-6(10-4-5)3-7(11)8(12)13/h1-2,4H,3H2,(H,12,13). The van der Waals surface area contributed by atoms with E-state index in [1.54, 1.807) is 0 Å². The Hall–Kier alpha value is -1.78. The van der Waals surface area contributed by atoms with Gasteiger partial charge in [0.2, 0.25) is 5.78 Å². The van der Waals surface area contributed by atoms with Crippen LogP contribution in [0.1, 0.15) is 5.69 Å². The van der Waals surface area contributed by atoms with Crippen LogP contribution >= 0.6 is 0 Å². The maximum absolute atomic E-state index is 12.3. The molecule has 0 saturated heterocycles. The molecule has 0 atom stereocenters. The molecular formula is C8H6FNO3. The van der Waals surface area contributed by atoms with E-state index in [4.69, 9.17) is 5.11 Å². The van der Waals surface area contributed by atoms with E-state index in [1.165, 1.54) is 6.07 Å². The number of carbonyl (C=O) groups excluding carboxylic acids is 1. The zero-order valence-corrected chi connectivity index (χ0v) is 6.53. The summed E-state index contributed by atoms with van der Waals surface area (Å²) in [5.74, 6) is -2.99. The van der Waals surface area contributed by atoms with Crippen molar-refractivity contribution in [2.24, 2.45) is 0 Å². The molecule has 1 aromatic rings. The number of carboxylic acids is 1. The highest BCUT2D eigenvalue weighted by Gasteiger charge is 2.12. The van der Waals surface area contributed by atoms with Crippen LogP contribution in [0.25, 0.3) is 0 Å². The SMILES string of the molecule is O=C(O)C(=O)Cc1ccc(F)cn1. The summed E-state index contributed by atoms with van der Waals surface area (Å²) in [7, 11) is 0. The second-order valence-electron chi connectivity index (χ2n) is 2.37. The molecule has 0 amide bonds. The van der Waals surface area contributed by atoms with Gasteiger partial charge in [0.25, 0.3) is 0 Å². The molecule has 1 rings (SSSR count). The van der Waals surface area contributed by atoms with Gasteiger partial charge in [-0.3, -0.25) is 9.78 Å². The molecule has 0 bridgehead atoms. The fourth-order valence-electron chi connectivity index (χ4n) is 0.751. The van der Waals surface area contributed by atoms with Crippen LogP contribution in [0.15, 0.2) is 18.3 Å². The average molecular weight is 183 g/mol. The van der Waals surface area contributed by atoms with E-state index in [0.29, 0.717) is 0 Å². The number of halogens is 1. The number of aliphatic carboxylic acids is 1. The van der Waals surface area contributed by atoms with Crippen molar-refractivity contribution >= 4 is 11.8 Å². The number of aromatic nitrogens is 1. The molecule has 1 aromatic heterocycles. The Balaban J connectivity index is 2.70. The lowest BCUT2D eigenvalue weighted by atomic mass is 10.2. The normalized spacial score (nSPS) is 9.62. The quantitative estimate of drug-likeness (QED) is 0.689. The molecule has 0 radical (unpaired) electrons. The smallest absolute Gasteiger partial charge is 0.372 e. The molecular weight excluding hydrogens is 177 g/mol. The molecule has 4 nitrogen and oxygen atoms in total. The molecule has 1 heterocycles. The van der Waals surface area contributed by atoms with Crippen molar-refractivity contribution in [1.82, 2.24) is 4.98 Å². The second-order valence-corrected chi connectivity index (χ2v) is 2.37. The highest BCUT2D eigenvalue weighted by Crippen LogP contribution is 1.99. The molecule has 0 spiro atoms.